The van der Waals surface area contributed by atoms with Gasteiger partial charge in [-0.2, -0.15) is 0 Å². The molecule has 90 heavy (non-hydrogen) atoms. The molecule has 25 heteroatoms. The maximum atomic E-state index is 14.7. The monoisotopic (exact) mass is 1260 g/mol. The lowest BCUT2D eigenvalue weighted by atomic mass is 9.43. The molecule has 1 aromatic carbocycles. The highest BCUT2D eigenvalue weighted by molar-refractivity contribution is 5.98. The van der Waals surface area contributed by atoms with E-state index in [2.05, 4.69) is 68.6 Å². The van der Waals surface area contributed by atoms with Crippen LogP contribution < -0.4 is 70.8 Å². The van der Waals surface area contributed by atoms with Gasteiger partial charge in [0.25, 0.3) is 0 Å². The van der Waals surface area contributed by atoms with Crippen LogP contribution >= 0.6 is 0 Å². The normalized spacial score (nSPS) is 34.1. The fourth-order valence-electron chi connectivity index (χ4n) is 15.8. The largest absolute Gasteiger partial charge is 0.393 e. The number of rotatable bonds is 21. The molecule has 5 aliphatic rings. The smallest absolute Gasteiger partial charge is 0.243 e. The number of hydrogen-bond acceptors (Lipinski definition) is 16. The van der Waals surface area contributed by atoms with Gasteiger partial charge in [0.15, 0.2) is 0 Å². The number of aliphatic hydroxyl groups is 3. The first kappa shape index (κ1) is 73.2. The molecule has 25 nitrogen and oxygen atoms in total. The minimum atomic E-state index is -1.48. The number of aliphatic hydroxyl groups excluding tert-OH is 3. The van der Waals surface area contributed by atoms with E-state index in [1.54, 1.807) is 30.3 Å². The number of benzene rings is 1. The molecule has 6 rings (SSSR count). The second kappa shape index (κ2) is 33.7. The average Bonchev–Trinajstić information content (AvgIpc) is 1.90. The second-order valence-corrected chi connectivity index (χ2v) is 27.9. The van der Waals surface area contributed by atoms with E-state index in [-0.39, 0.29) is 149 Å². The summed E-state index contributed by atoms with van der Waals surface area (Å²) in [6.45, 7) is 13.3. The van der Waals surface area contributed by atoms with Gasteiger partial charge in [0.1, 0.15) is 48.3 Å². The van der Waals surface area contributed by atoms with Crippen molar-refractivity contribution in [3.05, 3.63) is 35.9 Å². The number of carbonyl (C=O) groups is 9. The summed E-state index contributed by atoms with van der Waals surface area (Å²) in [5, 5.41) is 59.3. The molecule has 0 bridgehead atoms. The van der Waals surface area contributed by atoms with Crippen molar-refractivity contribution in [3.8, 4) is 0 Å². The van der Waals surface area contributed by atoms with Crippen LogP contribution in [0, 0.1) is 58.2 Å². The maximum Gasteiger partial charge on any atom is 0.243 e. The highest BCUT2D eigenvalue weighted by Gasteiger charge is 2.66. The summed E-state index contributed by atoms with van der Waals surface area (Å²) in [6, 6.07) is -1.63. The van der Waals surface area contributed by atoms with Gasteiger partial charge in [0.2, 0.25) is 53.2 Å². The van der Waals surface area contributed by atoms with E-state index < -0.39 is 119 Å². The van der Waals surface area contributed by atoms with Gasteiger partial charge < -0.3 is 86.1 Å². The zero-order chi connectivity index (χ0) is 66.2. The van der Waals surface area contributed by atoms with Crippen LogP contribution in [-0.4, -0.2) is 168 Å². The highest BCUT2D eigenvalue weighted by Crippen LogP contribution is 2.68. The third-order valence-electron chi connectivity index (χ3n) is 20.7. The molecule has 4 saturated carbocycles. The van der Waals surface area contributed by atoms with Crippen molar-refractivity contribution < 1.29 is 58.5 Å². The van der Waals surface area contributed by atoms with Crippen LogP contribution in [0.5, 0.6) is 0 Å². The molecule has 20 N–H and O–H groups in total. The predicted molar refractivity (Wildman–Crippen MR) is 339 cm³/mol. The van der Waals surface area contributed by atoms with Gasteiger partial charge >= 0.3 is 0 Å². The maximum absolute atomic E-state index is 14.7. The number of fused-ring (bicyclic) bond motifs is 5. The summed E-state index contributed by atoms with van der Waals surface area (Å²) in [5.41, 5.74) is 24.0. The number of carbonyl (C=O) groups excluding carboxylic acids is 9. The number of nitrogens with two attached hydrogens (primary N) is 4. The molecule has 1 heterocycles. The van der Waals surface area contributed by atoms with Crippen molar-refractivity contribution in [2.75, 3.05) is 32.7 Å². The van der Waals surface area contributed by atoms with E-state index >= 15 is 0 Å². The number of nitrogens with one attached hydrogen (secondary N) is 9. The van der Waals surface area contributed by atoms with Crippen LogP contribution in [0.25, 0.3) is 0 Å². The molecule has 0 unspecified atom stereocenters. The molecule has 1 aromatic rings. The standard InChI is InChI=1S/C65H109N13O12/c1-35(2)29-49-56(83)70-28-22-48(75-57(84)44(18-24-66)71-54(82)16-13-37(5)41-14-15-42-55-43(34-53(81)65(41,42)7)64(6)23-17-40(79)32-39(64)33-52(55)80)61(88)73-47(21-27-69)60(87)78-51(31-38-11-9-8-10-12-38)63(90)77-50(30-36(3)4)62(89)74-45(19-25-67)58(85)72-46(20-26-68)59(86)76-49/h8-12,35-37,39-53,55,79-81H,13-34,66-69H2,1-7H3,(H,70,83)(H,71,82)(H,72,85)(H,73,88)(H,74,89)(H,75,84)(H,76,86)(H,77,90)(H,78,87)/t37-,39+,40-,41-,42+,43+,44-,45+,46+,47+,48+,49+,50+,51-,52-,53+,55+,64+,65-/m1/s1. The van der Waals surface area contributed by atoms with Crippen molar-refractivity contribution in [1.82, 2.24) is 47.9 Å². The van der Waals surface area contributed by atoms with Gasteiger partial charge in [-0.3, -0.25) is 43.2 Å². The first-order chi connectivity index (χ1) is 42.7. The zero-order valence-corrected chi connectivity index (χ0v) is 54.2. The topological polar surface area (TPSA) is 427 Å². The van der Waals surface area contributed by atoms with E-state index in [4.69, 9.17) is 22.9 Å². The van der Waals surface area contributed by atoms with Crippen molar-refractivity contribution in [3.63, 3.8) is 0 Å². The SMILES string of the molecule is CC(C)C[C@@H]1NC(=O)[C@H](CCN)NC(=O)[C@H](CCN)NC(=O)[C@H](CC(C)C)NC(=O)[C@@H](Cc2ccccc2)NC(=O)[C@H](CCN)NC(=O)[C@@H](NC(=O)[C@@H](CCN)NC(=O)CC[C@@H](C)[C@H]2CC[C@H]3[C@@H]4[C@H](O)C[C@@H]5C[C@H](O)CC[C@]5(C)[C@H]4C[C@H](O)[C@]23C)CCNC1=O. The lowest BCUT2D eigenvalue weighted by Gasteiger charge is -2.63. The van der Waals surface area contributed by atoms with E-state index in [0.29, 0.717) is 31.2 Å². The zero-order valence-electron chi connectivity index (χ0n) is 54.2. The molecule has 9 amide bonds. The molecule has 0 spiro atoms. The lowest BCUT2D eigenvalue weighted by Crippen LogP contribution is -2.62. The second-order valence-electron chi connectivity index (χ2n) is 27.9. The molecule has 1 aliphatic heterocycles. The third kappa shape index (κ3) is 18.7. The molecule has 4 aliphatic carbocycles. The van der Waals surface area contributed by atoms with E-state index in [0.717, 1.165) is 25.7 Å². The fraction of sp³-hybridized carbons (Fsp3) is 0.769. The first-order valence-electron chi connectivity index (χ1n) is 33.3. The quantitative estimate of drug-likeness (QED) is 0.0737. The summed E-state index contributed by atoms with van der Waals surface area (Å²) >= 11 is 0. The van der Waals surface area contributed by atoms with Crippen molar-refractivity contribution in [1.29, 1.82) is 0 Å². The van der Waals surface area contributed by atoms with E-state index in [1.807, 2.05) is 27.7 Å². The average molecular weight is 1260 g/mol. The Morgan fingerprint density at radius 1 is 0.600 bits per heavy atom. The fourth-order valence-corrected chi connectivity index (χ4v) is 15.8. The Morgan fingerprint density at radius 3 is 1.68 bits per heavy atom. The number of hydrogen-bond donors (Lipinski definition) is 16. The van der Waals surface area contributed by atoms with Crippen molar-refractivity contribution in [2.24, 2.45) is 81.1 Å². The molecule has 506 valence electrons. The Kier molecular flexibility index (Phi) is 27.4. The van der Waals surface area contributed by atoms with Crippen LogP contribution in [0.4, 0.5) is 0 Å². The van der Waals surface area contributed by atoms with Gasteiger partial charge in [-0.1, -0.05) is 78.8 Å². The van der Waals surface area contributed by atoms with Gasteiger partial charge in [-0.25, -0.2) is 0 Å². The van der Waals surface area contributed by atoms with E-state index in [9.17, 15) is 58.5 Å². The Bertz CT molecular complexity index is 2600. The lowest BCUT2D eigenvalue weighted by molar-refractivity contribution is -0.207. The summed E-state index contributed by atoms with van der Waals surface area (Å²) in [6.07, 6.45) is 3.69. The van der Waals surface area contributed by atoms with Gasteiger partial charge in [-0.15, -0.1) is 0 Å². The summed E-state index contributed by atoms with van der Waals surface area (Å²) in [4.78, 5) is 129. The van der Waals surface area contributed by atoms with Crippen molar-refractivity contribution in [2.45, 2.75) is 224 Å². The van der Waals surface area contributed by atoms with Crippen LogP contribution in [0.2, 0.25) is 0 Å². The first-order valence-corrected chi connectivity index (χ1v) is 33.3. The Balaban J connectivity index is 1.24. The van der Waals surface area contributed by atoms with Gasteiger partial charge in [-0.05, 0) is 186 Å². The molecular weight excluding hydrogens is 1150 g/mol. The Labute approximate surface area is 531 Å². The number of amides is 9. The summed E-state index contributed by atoms with van der Waals surface area (Å²) in [5.74, 6) is -6.44. The van der Waals surface area contributed by atoms with Crippen LogP contribution in [-0.2, 0) is 49.6 Å². The minimum Gasteiger partial charge on any atom is -0.393 e. The molecule has 5 fully saturated rings. The summed E-state index contributed by atoms with van der Waals surface area (Å²) in [7, 11) is 0. The minimum absolute atomic E-state index is 0.0211. The van der Waals surface area contributed by atoms with Crippen molar-refractivity contribution >= 4 is 53.2 Å². The molecule has 0 aromatic heterocycles. The predicted octanol–water partition coefficient (Wildman–Crippen LogP) is -0.508. The van der Waals surface area contributed by atoms with Gasteiger partial charge in [0, 0.05) is 19.4 Å². The Morgan fingerprint density at radius 2 is 1.12 bits per heavy atom. The van der Waals surface area contributed by atoms with Crippen LogP contribution in [0.3, 0.4) is 0 Å². The van der Waals surface area contributed by atoms with Crippen LogP contribution in [0.1, 0.15) is 157 Å². The molecule has 0 radical (unpaired) electrons. The van der Waals surface area contributed by atoms with Crippen LogP contribution in [0.15, 0.2) is 30.3 Å². The highest BCUT2D eigenvalue weighted by atomic mass is 16.3. The van der Waals surface area contributed by atoms with Gasteiger partial charge in [0.05, 0.1) is 18.3 Å². The molecule has 19 atom stereocenters. The Hall–Kier alpha value is -5.83. The summed E-state index contributed by atoms with van der Waals surface area (Å²) < 4.78 is 0. The third-order valence-corrected chi connectivity index (χ3v) is 20.7. The molecular formula is C65H109N13O12. The van der Waals surface area contributed by atoms with E-state index in [1.165, 1.54) is 0 Å². The molecule has 1 saturated heterocycles.